The number of aromatic nitrogens is 1. The van der Waals surface area contributed by atoms with E-state index in [2.05, 4.69) is 20.9 Å². The first-order valence-corrected chi connectivity index (χ1v) is 19.8. The van der Waals surface area contributed by atoms with Crippen LogP contribution in [0, 0.1) is 18.8 Å². The van der Waals surface area contributed by atoms with Gasteiger partial charge in [0.15, 0.2) is 0 Å². The topological polar surface area (TPSA) is 286 Å². The van der Waals surface area contributed by atoms with E-state index in [1.54, 1.807) is 32.9 Å². The van der Waals surface area contributed by atoms with E-state index in [1.165, 1.54) is 30.3 Å². The van der Waals surface area contributed by atoms with Gasteiger partial charge in [-0.3, -0.25) is 58.0 Å². The predicted octanol–water partition coefficient (Wildman–Crippen LogP) is -0.530. The minimum Gasteiger partial charge on any atom is -0.480 e. The molecule has 4 rings (SSSR count). The largest absolute Gasteiger partial charge is 0.480 e. The summed E-state index contributed by atoms with van der Waals surface area (Å²) in [7, 11) is 1.47. The molecule has 2 aliphatic heterocycles. The van der Waals surface area contributed by atoms with Gasteiger partial charge in [0.2, 0.25) is 23.6 Å². The van der Waals surface area contributed by atoms with Gasteiger partial charge < -0.3 is 48.5 Å². The van der Waals surface area contributed by atoms with Crippen molar-refractivity contribution in [2.75, 3.05) is 90.5 Å². The minimum atomic E-state index is -3.21. The number of benzene rings is 1. The van der Waals surface area contributed by atoms with Crippen molar-refractivity contribution in [3.05, 3.63) is 43.5 Å². The molecule has 64 heavy (non-hydrogen) atoms. The molecule has 1 aromatic heterocycles. The van der Waals surface area contributed by atoms with Crippen molar-refractivity contribution in [2.24, 2.45) is 0 Å². The van der Waals surface area contributed by atoms with Gasteiger partial charge in [-0.15, -0.1) is 0 Å². The van der Waals surface area contributed by atoms with Crippen molar-refractivity contribution < 1.29 is 79.5 Å². The van der Waals surface area contributed by atoms with Gasteiger partial charge in [0.05, 0.1) is 43.3 Å². The van der Waals surface area contributed by atoms with Crippen molar-refractivity contribution in [2.45, 2.75) is 50.1 Å². The summed E-state index contributed by atoms with van der Waals surface area (Å²) in [6.07, 6.45) is -0.0963. The molecule has 2 saturated heterocycles. The summed E-state index contributed by atoms with van der Waals surface area (Å²) in [4.78, 5) is 110. The Bertz CT molecular complexity index is 2030. The van der Waals surface area contributed by atoms with Crippen LogP contribution in [0.5, 0.6) is 0 Å². The molecular weight excluding hydrogens is 898 g/mol. The molecule has 0 aliphatic carbocycles. The second-order valence-corrected chi connectivity index (χ2v) is 14.9. The van der Waals surface area contributed by atoms with Crippen molar-refractivity contribution in [3.8, 4) is 6.07 Å². The molecule has 0 spiro atoms. The van der Waals surface area contributed by atoms with Crippen LogP contribution in [-0.2, 0) is 50.6 Å². The Morgan fingerprint density at radius 1 is 0.875 bits per heavy atom. The number of carboxylic acid groups (broad SMARTS) is 3. The monoisotopic (exact) mass is 950 g/mol. The molecule has 1 aromatic carbocycles. The van der Waals surface area contributed by atoms with Gasteiger partial charge in [-0.1, -0.05) is 0 Å². The summed E-state index contributed by atoms with van der Waals surface area (Å²) in [5.41, 5.74) is 0.820. The van der Waals surface area contributed by atoms with Crippen LogP contribution in [-0.4, -0.2) is 191 Å². The maximum Gasteiger partial charge on any atom is 0.320 e. The number of amides is 5. The average Bonchev–Trinajstić information content (AvgIpc) is 3.59. The summed E-state index contributed by atoms with van der Waals surface area (Å²) < 4.78 is 27.6. The number of hydrogen-bond acceptors (Lipinski definition) is 13. The first-order valence-electron chi connectivity index (χ1n) is 19.8. The zero-order valence-electron chi connectivity index (χ0n) is 35.4. The van der Waals surface area contributed by atoms with Crippen molar-refractivity contribution >= 4 is 64.0 Å². The number of fused-ring (bicyclic) bond motifs is 1. The molecule has 24 heteroatoms. The smallest absolute Gasteiger partial charge is 0.320 e. The normalized spacial score (nSPS) is 17.2. The fraction of sp³-hybridized carbons (Fsp3) is 0.525. The van der Waals surface area contributed by atoms with Crippen LogP contribution in [0.1, 0.15) is 42.5 Å². The quantitative estimate of drug-likeness (QED) is 0.0587. The third-order valence-electron chi connectivity index (χ3n) is 10.4. The summed E-state index contributed by atoms with van der Waals surface area (Å²) in [5.74, 6) is -9.52. The van der Waals surface area contributed by atoms with Crippen LogP contribution in [0.3, 0.4) is 0 Å². The van der Waals surface area contributed by atoms with Gasteiger partial charge in [-0.25, -0.2) is 8.78 Å². The zero-order valence-corrected chi connectivity index (χ0v) is 36.3. The number of nitrogens with zero attached hydrogens (tertiary/aromatic N) is 7. The van der Waals surface area contributed by atoms with E-state index in [-0.39, 0.29) is 121 Å². The Morgan fingerprint density at radius 3 is 2.02 bits per heavy atom. The number of likely N-dealkylation sites (tertiary alicyclic amines) is 1. The standard InChI is InChI=1S/C39H50F2N10O11.CH3.Cu/c1-47(25-2-3-29-28(18-25)27(8-9-43-29)37(60)46-21-34(55)51-24-39(40,41)19-26(51)20-42)33(54)7-6-32(53)45-11-10-44-31(52)5-4-30(38(61)62)50-16-14-48(22-35(56)57)12-13-49(15-17-50)23-36(58)59;;/h2-3,8-9,18,26,30H,4-7,10-17,19,21-24H2,1H3,(H,44,52)(H,45,53)(H,46,60)(H,56,57)(H,58,59)(H,61,62);1H3;/q;-1;/t26-,30?;;/m0../s1. The van der Waals surface area contributed by atoms with E-state index in [4.69, 9.17) is 0 Å². The van der Waals surface area contributed by atoms with Gasteiger partial charge in [-0.05, 0) is 30.7 Å². The molecule has 355 valence electrons. The van der Waals surface area contributed by atoms with E-state index in [9.17, 15) is 67.7 Å². The number of alkyl halides is 2. The zero-order chi connectivity index (χ0) is 45.6. The first kappa shape index (κ1) is 54.3. The number of nitrogens with one attached hydrogen (secondary N) is 3. The first-order chi connectivity index (χ1) is 29.4. The Labute approximate surface area is 378 Å². The predicted molar refractivity (Wildman–Crippen MR) is 220 cm³/mol. The number of rotatable bonds is 19. The second-order valence-electron chi connectivity index (χ2n) is 14.9. The Kier molecular flexibility index (Phi) is 21.6. The fourth-order valence-corrected chi connectivity index (χ4v) is 7.10. The SMILES string of the molecule is CN(C(=O)CCC(=O)NCCNC(=O)CCC(C(=O)O)N1CCN(CC(=O)O)CCN(CC(=O)O)CC1)c1ccc2nccc(C(=O)NCC(=O)N3CC(F)(F)C[C@H]3C#N)c2c1.[CH3-].[Cu]. The fourth-order valence-electron chi connectivity index (χ4n) is 7.10. The second kappa shape index (κ2) is 25.4. The van der Waals surface area contributed by atoms with Crippen LogP contribution in [0.4, 0.5) is 14.5 Å². The number of hydrogen-bond donors (Lipinski definition) is 6. The van der Waals surface area contributed by atoms with Gasteiger partial charge in [0, 0.05) is 119 Å². The molecule has 1 unspecified atom stereocenters. The van der Waals surface area contributed by atoms with Gasteiger partial charge in [-0.2, -0.15) is 5.26 Å². The number of aliphatic carboxylic acids is 3. The maximum absolute atomic E-state index is 13.8. The van der Waals surface area contributed by atoms with E-state index in [0.717, 1.165) is 4.90 Å². The maximum atomic E-state index is 13.8. The number of pyridine rings is 1. The molecule has 6 N–H and O–H groups in total. The van der Waals surface area contributed by atoms with Gasteiger partial charge >= 0.3 is 17.9 Å². The molecule has 0 saturated carbocycles. The molecule has 3 heterocycles. The molecule has 1 radical (unpaired) electrons. The number of halogens is 2. The van der Waals surface area contributed by atoms with E-state index in [0.29, 0.717) is 16.6 Å². The molecule has 0 bridgehead atoms. The summed E-state index contributed by atoms with van der Waals surface area (Å²) >= 11 is 0. The summed E-state index contributed by atoms with van der Waals surface area (Å²) in [5, 5.41) is 45.7. The van der Waals surface area contributed by atoms with Crippen molar-refractivity contribution in [1.82, 2.24) is 40.5 Å². The van der Waals surface area contributed by atoms with Crippen molar-refractivity contribution in [1.29, 1.82) is 5.26 Å². The van der Waals surface area contributed by atoms with Gasteiger partial charge in [0.25, 0.3) is 11.8 Å². The molecule has 21 nitrogen and oxygen atoms in total. The van der Waals surface area contributed by atoms with Crippen LogP contribution >= 0.6 is 0 Å². The number of carbonyl (C=O) groups excluding carboxylic acids is 5. The molecular formula is C40H53CuF2N10O11-. The van der Waals surface area contributed by atoms with Crippen LogP contribution < -0.4 is 20.9 Å². The molecule has 2 aliphatic rings. The van der Waals surface area contributed by atoms with Crippen LogP contribution in [0.25, 0.3) is 10.9 Å². The Balaban J connectivity index is 0.00000704. The third-order valence-corrected chi connectivity index (χ3v) is 10.4. The molecule has 2 atom stereocenters. The Hall–Kier alpha value is -5.86. The Morgan fingerprint density at radius 2 is 1.45 bits per heavy atom. The summed E-state index contributed by atoms with van der Waals surface area (Å²) in [6.45, 7) is -0.761. The van der Waals surface area contributed by atoms with Crippen molar-refractivity contribution in [3.63, 3.8) is 0 Å². The van der Waals surface area contributed by atoms with E-state index in [1.807, 2.05) is 0 Å². The third kappa shape index (κ3) is 16.4. The molecule has 2 aromatic rings. The van der Waals surface area contributed by atoms with Gasteiger partial charge in [0.1, 0.15) is 12.1 Å². The summed E-state index contributed by atoms with van der Waals surface area (Å²) in [6, 6.07) is 5.30. The van der Waals surface area contributed by atoms with Crippen LogP contribution in [0.2, 0.25) is 0 Å². The van der Waals surface area contributed by atoms with Crippen LogP contribution in [0.15, 0.2) is 30.5 Å². The van der Waals surface area contributed by atoms with E-state index >= 15 is 0 Å². The number of nitriles is 1. The number of carboxylic acids is 3. The molecule has 5 amide bonds. The number of carbonyl (C=O) groups is 8. The molecule has 2 fully saturated rings. The minimum absolute atomic E-state index is 0. The average molecular weight is 951 g/mol. The number of anilines is 1. The van der Waals surface area contributed by atoms with E-state index < -0.39 is 85.0 Å².